The van der Waals surface area contributed by atoms with Crippen LogP contribution in [-0.2, 0) is 10.5 Å². The Bertz CT molecular complexity index is 933. The van der Waals surface area contributed by atoms with Gasteiger partial charge in [-0.15, -0.1) is 11.8 Å². The second-order valence-corrected chi connectivity index (χ2v) is 7.82. The standard InChI is InChI=1S/C22H21ClN2O2S/c1-15-12-18(23)5-10-21(15)27-16(2)22(26)25-19-6-8-20(9-7-19)28-14-17-4-3-11-24-13-17/h3-13,16H,14H2,1-2H3,(H,25,26). The highest BCUT2D eigenvalue weighted by Gasteiger charge is 2.16. The van der Waals surface area contributed by atoms with E-state index in [1.54, 1.807) is 37.0 Å². The summed E-state index contributed by atoms with van der Waals surface area (Å²) < 4.78 is 5.76. The molecule has 1 heterocycles. The zero-order valence-corrected chi connectivity index (χ0v) is 17.3. The number of aromatic nitrogens is 1. The zero-order valence-electron chi connectivity index (χ0n) is 15.7. The Hall–Kier alpha value is -2.50. The lowest BCUT2D eigenvalue weighted by Crippen LogP contribution is -2.30. The Morgan fingerprint density at radius 3 is 2.68 bits per heavy atom. The summed E-state index contributed by atoms with van der Waals surface area (Å²) in [4.78, 5) is 17.7. The molecule has 0 bridgehead atoms. The molecule has 1 amide bonds. The van der Waals surface area contributed by atoms with Crippen molar-refractivity contribution in [2.45, 2.75) is 30.6 Å². The molecule has 0 radical (unpaired) electrons. The molecule has 2 aromatic carbocycles. The van der Waals surface area contributed by atoms with E-state index < -0.39 is 6.10 Å². The largest absolute Gasteiger partial charge is 0.481 e. The van der Waals surface area contributed by atoms with Gasteiger partial charge in [-0.3, -0.25) is 9.78 Å². The van der Waals surface area contributed by atoms with E-state index in [2.05, 4.69) is 16.4 Å². The van der Waals surface area contributed by atoms with Crippen molar-refractivity contribution in [1.82, 2.24) is 4.98 Å². The molecule has 0 saturated carbocycles. The average Bonchev–Trinajstić information content (AvgIpc) is 2.70. The molecule has 3 aromatic rings. The van der Waals surface area contributed by atoms with E-state index in [0.29, 0.717) is 10.8 Å². The molecule has 4 nitrogen and oxygen atoms in total. The number of anilines is 1. The van der Waals surface area contributed by atoms with Gasteiger partial charge < -0.3 is 10.1 Å². The third kappa shape index (κ3) is 5.75. The molecule has 0 fully saturated rings. The van der Waals surface area contributed by atoms with E-state index in [-0.39, 0.29) is 5.91 Å². The number of rotatable bonds is 7. The summed E-state index contributed by atoms with van der Waals surface area (Å²) in [5, 5.41) is 3.53. The second kappa shape index (κ2) is 9.62. The van der Waals surface area contributed by atoms with Crippen molar-refractivity contribution in [3.8, 4) is 5.75 Å². The Kier molecular flexibility index (Phi) is 6.95. The molecular weight excluding hydrogens is 392 g/mol. The van der Waals surface area contributed by atoms with E-state index in [1.165, 1.54) is 5.56 Å². The van der Waals surface area contributed by atoms with Crippen LogP contribution in [-0.4, -0.2) is 17.0 Å². The van der Waals surface area contributed by atoms with Gasteiger partial charge in [-0.25, -0.2) is 0 Å². The molecule has 144 valence electrons. The van der Waals surface area contributed by atoms with Gasteiger partial charge in [-0.1, -0.05) is 17.7 Å². The molecule has 0 spiro atoms. The summed E-state index contributed by atoms with van der Waals surface area (Å²) in [5.41, 5.74) is 2.80. The lowest BCUT2D eigenvalue weighted by molar-refractivity contribution is -0.122. The number of hydrogen-bond donors (Lipinski definition) is 1. The molecule has 28 heavy (non-hydrogen) atoms. The normalized spacial score (nSPS) is 11.7. The maximum atomic E-state index is 12.4. The highest BCUT2D eigenvalue weighted by atomic mass is 35.5. The SMILES string of the molecule is Cc1cc(Cl)ccc1OC(C)C(=O)Nc1ccc(SCc2cccnc2)cc1. The van der Waals surface area contributed by atoms with Gasteiger partial charge in [0.15, 0.2) is 6.10 Å². The van der Waals surface area contributed by atoms with E-state index in [0.717, 1.165) is 21.9 Å². The van der Waals surface area contributed by atoms with E-state index in [4.69, 9.17) is 16.3 Å². The topological polar surface area (TPSA) is 51.2 Å². The zero-order chi connectivity index (χ0) is 19.9. The third-order valence-electron chi connectivity index (χ3n) is 4.06. The predicted octanol–water partition coefficient (Wildman–Crippen LogP) is 5.74. The van der Waals surface area contributed by atoms with Crippen LogP contribution in [0, 0.1) is 6.92 Å². The van der Waals surface area contributed by atoms with E-state index in [1.807, 2.05) is 49.5 Å². The van der Waals surface area contributed by atoms with Crippen LogP contribution < -0.4 is 10.1 Å². The summed E-state index contributed by atoms with van der Waals surface area (Å²) in [5.74, 6) is 1.30. The number of benzene rings is 2. The van der Waals surface area contributed by atoms with Crippen molar-refractivity contribution in [1.29, 1.82) is 0 Å². The minimum Gasteiger partial charge on any atom is -0.481 e. The lowest BCUT2D eigenvalue weighted by atomic mass is 10.2. The van der Waals surface area contributed by atoms with Gasteiger partial charge in [-0.05, 0) is 73.5 Å². The number of nitrogens with one attached hydrogen (secondary N) is 1. The summed E-state index contributed by atoms with van der Waals surface area (Å²) in [6.45, 7) is 3.62. The van der Waals surface area contributed by atoms with Gasteiger partial charge in [0.1, 0.15) is 5.75 Å². The molecule has 3 rings (SSSR count). The number of carbonyl (C=O) groups excluding carboxylic acids is 1. The van der Waals surface area contributed by atoms with Crippen molar-refractivity contribution in [2.75, 3.05) is 5.32 Å². The molecule has 0 saturated heterocycles. The van der Waals surface area contributed by atoms with Gasteiger partial charge in [0.25, 0.3) is 5.91 Å². The first-order valence-electron chi connectivity index (χ1n) is 8.87. The number of hydrogen-bond acceptors (Lipinski definition) is 4. The molecule has 1 unspecified atom stereocenters. The van der Waals surface area contributed by atoms with Crippen LogP contribution in [0.25, 0.3) is 0 Å². The Morgan fingerprint density at radius 1 is 1.21 bits per heavy atom. The minimum atomic E-state index is -0.625. The van der Waals surface area contributed by atoms with Crippen LogP contribution in [0.3, 0.4) is 0 Å². The Balaban J connectivity index is 1.53. The quantitative estimate of drug-likeness (QED) is 0.502. The van der Waals surface area contributed by atoms with Crippen molar-refractivity contribution < 1.29 is 9.53 Å². The highest BCUT2D eigenvalue weighted by molar-refractivity contribution is 7.98. The van der Waals surface area contributed by atoms with Gasteiger partial charge in [0, 0.05) is 33.8 Å². The van der Waals surface area contributed by atoms with Crippen molar-refractivity contribution in [3.63, 3.8) is 0 Å². The molecule has 0 aliphatic heterocycles. The number of thioether (sulfide) groups is 1. The summed E-state index contributed by atoms with van der Waals surface area (Å²) in [6, 6.07) is 17.1. The van der Waals surface area contributed by atoms with Crippen LogP contribution in [0.5, 0.6) is 5.75 Å². The van der Waals surface area contributed by atoms with Crippen molar-refractivity contribution >= 4 is 35.0 Å². The maximum Gasteiger partial charge on any atom is 0.265 e. The summed E-state index contributed by atoms with van der Waals surface area (Å²) in [7, 11) is 0. The maximum absolute atomic E-state index is 12.4. The first-order chi connectivity index (χ1) is 13.5. The molecule has 1 N–H and O–H groups in total. The summed E-state index contributed by atoms with van der Waals surface area (Å²) >= 11 is 7.68. The van der Waals surface area contributed by atoms with E-state index >= 15 is 0 Å². The van der Waals surface area contributed by atoms with Crippen LogP contribution in [0.4, 0.5) is 5.69 Å². The fourth-order valence-corrected chi connectivity index (χ4v) is 3.58. The summed E-state index contributed by atoms with van der Waals surface area (Å²) in [6.07, 6.45) is 3.01. The highest BCUT2D eigenvalue weighted by Crippen LogP contribution is 2.25. The van der Waals surface area contributed by atoms with Crippen LogP contribution in [0.15, 0.2) is 71.9 Å². The van der Waals surface area contributed by atoms with Crippen molar-refractivity contribution in [2.24, 2.45) is 0 Å². The lowest BCUT2D eigenvalue weighted by Gasteiger charge is -2.16. The fourth-order valence-electron chi connectivity index (χ4n) is 2.52. The number of halogens is 1. The van der Waals surface area contributed by atoms with Crippen LogP contribution in [0.2, 0.25) is 5.02 Å². The Labute approximate surface area is 174 Å². The molecule has 0 aliphatic carbocycles. The fraction of sp³-hybridized carbons (Fsp3) is 0.182. The minimum absolute atomic E-state index is 0.204. The third-order valence-corrected chi connectivity index (χ3v) is 5.38. The molecule has 1 atom stereocenters. The van der Waals surface area contributed by atoms with Gasteiger partial charge in [-0.2, -0.15) is 0 Å². The van der Waals surface area contributed by atoms with Gasteiger partial charge in [0.05, 0.1) is 0 Å². The predicted molar refractivity (Wildman–Crippen MR) is 115 cm³/mol. The smallest absolute Gasteiger partial charge is 0.265 e. The number of carbonyl (C=O) groups is 1. The monoisotopic (exact) mass is 412 g/mol. The second-order valence-electron chi connectivity index (χ2n) is 6.33. The Morgan fingerprint density at radius 2 is 2.00 bits per heavy atom. The van der Waals surface area contributed by atoms with E-state index in [9.17, 15) is 4.79 Å². The van der Waals surface area contributed by atoms with Gasteiger partial charge >= 0.3 is 0 Å². The van der Waals surface area contributed by atoms with Crippen LogP contribution >= 0.6 is 23.4 Å². The van der Waals surface area contributed by atoms with Crippen molar-refractivity contribution in [3.05, 3.63) is 83.1 Å². The number of nitrogens with zero attached hydrogens (tertiary/aromatic N) is 1. The molecular formula is C22H21ClN2O2S. The number of ether oxygens (including phenoxy) is 1. The first-order valence-corrected chi connectivity index (χ1v) is 10.2. The molecule has 6 heteroatoms. The van der Waals surface area contributed by atoms with Crippen LogP contribution in [0.1, 0.15) is 18.1 Å². The average molecular weight is 413 g/mol. The van der Waals surface area contributed by atoms with Gasteiger partial charge in [0.2, 0.25) is 0 Å². The number of pyridine rings is 1. The number of aryl methyl sites for hydroxylation is 1. The molecule has 1 aromatic heterocycles. The first kappa shape index (κ1) is 20.2. The molecule has 0 aliphatic rings. The number of amides is 1.